The average molecular weight is 793 g/mol. The fourth-order valence-corrected chi connectivity index (χ4v) is 6.83. The molecule has 0 saturated carbocycles. The molecule has 5 heteroatoms. The Morgan fingerprint density at radius 1 is 0.717 bits per heavy atom. The molecule has 1 radical (unpaired) electrons. The summed E-state index contributed by atoms with van der Waals surface area (Å²) in [4.78, 5) is 9.15. The fraction of sp³-hybridized carbons (Fsp3) is 0.122. The van der Waals surface area contributed by atoms with Gasteiger partial charge in [-0.25, -0.2) is 0 Å². The zero-order valence-electron chi connectivity index (χ0n) is 26.1. The molecule has 46 heavy (non-hydrogen) atoms. The standard InChI is InChI=1S/C30H24NOS.C11H8N.Ir/c1-17(2)24-15-26(31-16-25(24)28-18(3)7-5-8-19(28)4)22-10-6-9-20-21-11-12-27-23(13-14-33-27)30(21)32-29(20)22;1-2-6-10(7-3-1)11-8-4-5-9-12-11;/h5-9,11-17H,1-4H3;1-6,8-9H;/q2*-1;. The second-order valence-electron chi connectivity index (χ2n) is 11.5. The van der Waals surface area contributed by atoms with Crippen LogP contribution in [0.2, 0.25) is 0 Å². The number of furan rings is 1. The maximum atomic E-state index is 6.50. The summed E-state index contributed by atoms with van der Waals surface area (Å²) in [5.74, 6) is 0.362. The molecule has 0 saturated heterocycles. The van der Waals surface area contributed by atoms with E-state index >= 15 is 0 Å². The summed E-state index contributed by atoms with van der Waals surface area (Å²) in [7, 11) is 0. The monoisotopic (exact) mass is 793 g/mol. The van der Waals surface area contributed by atoms with Crippen molar-refractivity contribution in [3.8, 4) is 33.6 Å². The van der Waals surface area contributed by atoms with Gasteiger partial charge in [-0.1, -0.05) is 67.3 Å². The van der Waals surface area contributed by atoms with Crippen molar-refractivity contribution in [3.63, 3.8) is 0 Å². The number of hydrogen-bond acceptors (Lipinski definition) is 4. The van der Waals surface area contributed by atoms with Crippen molar-refractivity contribution in [1.82, 2.24) is 9.97 Å². The van der Waals surface area contributed by atoms with Gasteiger partial charge in [0.1, 0.15) is 5.58 Å². The van der Waals surface area contributed by atoms with Crippen LogP contribution in [0, 0.1) is 26.0 Å². The van der Waals surface area contributed by atoms with Crippen LogP contribution in [0.3, 0.4) is 0 Å². The Hall–Kier alpha value is -4.41. The maximum absolute atomic E-state index is 6.50. The van der Waals surface area contributed by atoms with Crippen LogP contribution in [0.25, 0.3) is 65.7 Å². The van der Waals surface area contributed by atoms with Crippen molar-refractivity contribution < 1.29 is 24.5 Å². The molecule has 0 atom stereocenters. The smallest absolute Gasteiger partial charge is 0.129 e. The minimum atomic E-state index is 0. The van der Waals surface area contributed by atoms with Gasteiger partial charge in [0.05, 0.1) is 5.58 Å². The molecule has 0 amide bonds. The van der Waals surface area contributed by atoms with Crippen LogP contribution in [-0.4, -0.2) is 9.97 Å². The number of aromatic nitrogens is 2. The number of thiophene rings is 1. The molecule has 8 aromatic rings. The molecule has 4 heterocycles. The number of fused-ring (bicyclic) bond motifs is 5. The van der Waals surface area contributed by atoms with Crippen molar-refractivity contribution >= 4 is 43.4 Å². The van der Waals surface area contributed by atoms with Crippen molar-refractivity contribution in [2.24, 2.45) is 0 Å². The normalized spacial score (nSPS) is 11.1. The van der Waals surface area contributed by atoms with Gasteiger partial charge >= 0.3 is 0 Å². The first-order valence-electron chi connectivity index (χ1n) is 15.2. The third kappa shape index (κ3) is 5.94. The second kappa shape index (κ2) is 13.5. The topological polar surface area (TPSA) is 38.9 Å². The number of aryl methyl sites for hydroxylation is 2. The molecule has 0 spiro atoms. The second-order valence-corrected chi connectivity index (χ2v) is 12.5. The van der Waals surface area contributed by atoms with Crippen LogP contribution in [0.1, 0.15) is 36.5 Å². The third-order valence-corrected chi connectivity index (χ3v) is 9.13. The minimum Gasteiger partial charge on any atom is -0.500 e. The quantitative estimate of drug-likeness (QED) is 0.167. The van der Waals surface area contributed by atoms with E-state index in [0.717, 1.165) is 44.5 Å². The first kappa shape index (κ1) is 31.6. The largest absolute Gasteiger partial charge is 0.500 e. The van der Waals surface area contributed by atoms with Gasteiger partial charge in [0.25, 0.3) is 0 Å². The number of pyridine rings is 2. The van der Waals surface area contributed by atoms with E-state index in [1.54, 1.807) is 17.5 Å². The van der Waals surface area contributed by atoms with Gasteiger partial charge in [0.15, 0.2) is 0 Å². The van der Waals surface area contributed by atoms with Crippen LogP contribution in [0.5, 0.6) is 0 Å². The molecule has 8 rings (SSSR count). The van der Waals surface area contributed by atoms with E-state index in [2.05, 4.69) is 98.7 Å². The summed E-state index contributed by atoms with van der Waals surface area (Å²) in [6.07, 6.45) is 3.82. The number of nitrogens with zero attached hydrogens (tertiary/aromatic N) is 2. The summed E-state index contributed by atoms with van der Waals surface area (Å²) in [6.45, 7) is 8.84. The Kier molecular flexibility index (Phi) is 9.28. The molecule has 0 aliphatic heterocycles. The van der Waals surface area contributed by atoms with Gasteiger partial charge in [-0.3, -0.25) is 0 Å². The Bertz CT molecular complexity index is 2210. The average Bonchev–Trinajstić information content (AvgIpc) is 3.71. The predicted octanol–water partition coefficient (Wildman–Crippen LogP) is 11.6. The van der Waals surface area contributed by atoms with E-state index < -0.39 is 0 Å². The van der Waals surface area contributed by atoms with Crippen LogP contribution in [0.15, 0.2) is 119 Å². The summed E-state index contributed by atoms with van der Waals surface area (Å²) < 4.78 is 7.74. The van der Waals surface area contributed by atoms with Crippen molar-refractivity contribution in [2.75, 3.05) is 0 Å². The molecule has 0 N–H and O–H groups in total. The van der Waals surface area contributed by atoms with E-state index in [-0.39, 0.29) is 20.1 Å². The van der Waals surface area contributed by atoms with Gasteiger partial charge in [-0.05, 0) is 77.0 Å². The zero-order valence-corrected chi connectivity index (χ0v) is 29.3. The van der Waals surface area contributed by atoms with Crippen LogP contribution >= 0.6 is 11.3 Å². The van der Waals surface area contributed by atoms with Crippen molar-refractivity contribution in [1.29, 1.82) is 0 Å². The first-order valence-corrected chi connectivity index (χ1v) is 16.1. The van der Waals surface area contributed by atoms with E-state index in [1.807, 2.05) is 54.7 Å². The third-order valence-electron chi connectivity index (χ3n) is 8.24. The van der Waals surface area contributed by atoms with Crippen LogP contribution in [-0.2, 0) is 20.1 Å². The van der Waals surface area contributed by atoms with E-state index in [1.165, 1.54) is 37.9 Å². The Labute approximate surface area is 287 Å². The molecule has 0 fully saturated rings. The van der Waals surface area contributed by atoms with Crippen LogP contribution < -0.4 is 0 Å². The molecular formula is C41H32IrN2OS-2. The molecule has 4 aromatic carbocycles. The van der Waals surface area contributed by atoms with Crippen LogP contribution in [0.4, 0.5) is 0 Å². The molecule has 4 aromatic heterocycles. The predicted molar refractivity (Wildman–Crippen MR) is 189 cm³/mol. The molecular weight excluding hydrogens is 761 g/mol. The summed E-state index contributed by atoms with van der Waals surface area (Å²) in [6, 6.07) is 39.5. The molecule has 0 unspecified atom stereocenters. The van der Waals surface area contributed by atoms with Crippen molar-refractivity contribution in [2.45, 2.75) is 33.6 Å². The first-order chi connectivity index (χ1) is 22.0. The summed E-state index contributed by atoms with van der Waals surface area (Å²) >= 11 is 1.74. The molecule has 0 aliphatic carbocycles. The van der Waals surface area contributed by atoms with E-state index in [9.17, 15) is 0 Å². The van der Waals surface area contributed by atoms with Gasteiger partial charge in [-0.15, -0.1) is 65.4 Å². The molecule has 229 valence electrons. The number of hydrogen-bond donors (Lipinski definition) is 0. The maximum Gasteiger partial charge on any atom is 0.129 e. The number of benzene rings is 4. The number of rotatable bonds is 4. The van der Waals surface area contributed by atoms with E-state index in [4.69, 9.17) is 9.40 Å². The van der Waals surface area contributed by atoms with Crippen molar-refractivity contribution in [3.05, 3.63) is 144 Å². The van der Waals surface area contributed by atoms with Gasteiger partial charge in [0, 0.05) is 53.5 Å². The summed E-state index contributed by atoms with van der Waals surface area (Å²) in [5, 5.41) is 5.54. The fourth-order valence-electron chi connectivity index (χ4n) is 6.04. The molecule has 3 nitrogen and oxygen atoms in total. The Balaban J connectivity index is 0.000000241. The Morgan fingerprint density at radius 2 is 1.52 bits per heavy atom. The summed E-state index contributed by atoms with van der Waals surface area (Å²) in [5.41, 5.74) is 12.0. The van der Waals surface area contributed by atoms with E-state index in [0.29, 0.717) is 5.92 Å². The molecule has 0 aliphatic rings. The minimum absolute atomic E-state index is 0. The SMILES string of the molecule is Cc1cccc(C)c1-c1cnc(-c2[c-]ccc3c2oc2c4ccsc4ccc32)cc1C(C)C.[Ir].[c-]1ccccc1-c1ccccn1. The molecule has 0 bridgehead atoms. The van der Waals surface area contributed by atoms with Gasteiger partial charge < -0.3 is 14.4 Å². The van der Waals surface area contributed by atoms with Gasteiger partial charge in [0.2, 0.25) is 0 Å². The zero-order chi connectivity index (χ0) is 30.9. The Morgan fingerprint density at radius 3 is 2.26 bits per heavy atom. The van der Waals surface area contributed by atoms with Gasteiger partial charge in [-0.2, -0.15) is 0 Å².